The van der Waals surface area contributed by atoms with Crippen LogP contribution in [0, 0.1) is 12.8 Å². The average molecular weight is 364 g/mol. The predicted octanol–water partition coefficient (Wildman–Crippen LogP) is 2.63. The van der Waals surface area contributed by atoms with Crippen LogP contribution in [0.3, 0.4) is 0 Å². The zero-order valence-corrected chi connectivity index (χ0v) is 15.3. The summed E-state index contributed by atoms with van der Waals surface area (Å²) in [5.41, 5.74) is 8.42. The first-order chi connectivity index (χ1) is 11.7. The Morgan fingerprint density at radius 3 is 2.72 bits per heavy atom. The quantitative estimate of drug-likeness (QED) is 0.855. The van der Waals surface area contributed by atoms with Crippen LogP contribution >= 0.6 is 12.4 Å². The standard InChI is InChI=1S/C18H25N5O.ClH/c1-13-9-15(23-12-20-11-21-23)7-8-16(13)18(24)22-17(10-19)14-5-3-2-4-6-14;/h7-9,11-12,14,17H,2-6,10,19H2,1H3,(H,22,24);1H. The third-order valence-electron chi connectivity index (χ3n) is 4.93. The molecule has 1 aliphatic rings. The van der Waals surface area contributed by atoms with Crippen molar-refractivity contribution in [3.8, 4) is 5.69 Å². The van der Waals surface area contributed by atoms with Crippen LogP contribution in [0.25, 0.3) is 5.69 Å². The molecule has 1 saturated carbocycles. The molecule has 7 heteroatoms. The predicted molar refractivity (Wildman–Crippen MR) is 100 cm³/mol. The Balaban J connectivity index is 0.00000225. The third kappa shape index (κ3) is 4.58. The number of carbonyl (C=O) groups excluding carboxylic acids is 1. The van der Waals surface area contributed by atoms with Crippen molar-refractivity contribution < 1.29 is 4.79 Å². The van der Waals surface area contributed by atoms with Crippen molar-refractivity contribution in [2.75, 3.05) is 6.54 Å². The van der Waals surface area contributed by atoms with E-state index in [1.807, 2.05) is 25.1 Å². The van der Waals surface area contributed by atoms with Crippen molar-refractivity contribution >= 4 is 18.3 Å². The van der Waals surface area contributed by atoms with Crippen LogP contribution in [0.4, 0.5) is 0 Å². The second-order valence-corrected chi connectivity index (χ2v) is 6.55. The molecule has 0 radical (unpaired) electrons. The van der Waals surface area contributed by atoms with Gasteiger partial charge in [-0.3, -0.25) is 4.79 Å². The summed E-state index contributed by atoms with van der Waals surface area (Å²) in [5.74, 6) is 0.459. The first-order valence-corrected chi connectivity index (χ1v) is 8.65. The second kappa shape index (κ2) is 8.97. The van der Waals surface area contributed by atoms with Crippen LogP contribution in [-0.2, 0) is 0 Å². The Labute approximate surface area is 154 Å². The number of halogens is 1. The molecule has 3 N–H and O–H groups in total. The first-order valence-electron chi connectivity index (χ1n) is 8.65. The SMILES string of the molecule is Cc1cc(-n2cncn2)ccc1C(=O)NC(CN)C1CCCCC1.Cl. The molecule has 1 heterocycles. The van der Waals surface area contributed by atoms with E-state index in [-0.39, 0.29) is 24.4 Å². The number of hydrogen-bond acceptors (Lipinski definition) is 4. The van der Waals surface area contributed by atoms with E-state index >= 15 is 0 Å². The van der Waals surface area contributed by atoms with Gasteiger partial charge in [-0.05, 0) is 49.4 Å². The van der Waals surface area contributed by atoms with Crippen LogP contribution in [0.5, 0.6) is 0 Å². The summed E-state index contributed by atoms with van der Waals surface area (Å²) >= 11 is 0. The lowest BCUT2D eigenvalue weighted by Gasteiger charge is -2.30. The van der Waals surface area contributed by atoms with E-state index in [1.54, 1.807) is 11.0 Å². The molecule has 1 unspecified atom stereocenters. The lowest BCUT2D eigenvalue weighted by Crippen LogP contribution is -2.46. The topological polar surface area (TPSA) is 85.8 Å². The highest BCUT2D eigenvalue weighted by molar-refractivity contribution is 5.96. The molecule has 0 aliphatic heterocycles. The van der Waals surface area contributed by atoms with E-state index < -0.39 is 0 Å². The lowest BCUT2D eigenvalue weighted by molar-refractivity contribution is 0.0915. The molecular weight excluding hydrogens is 338 g/mol. The number of rotatable bonds is 5. The normalized spacial score (nSPS) is 16.1. The number of nitrogens with one attached hydrogen (secondary N) is 1. The fourth-order valence-corrected chi connectivity index (χ4v) is 3.54. The van der Waals surface area contributed by atoms with Crippen molar-refractivity contribution in [2.24, 2.45) is 11.7 Å². The van der Waals surface area contributed by atoms with Gasteiger partial charge in [-0.1, -0.05) is 19.3 Å². The minimum atomic E-state index is -0.0429. The van der Waals surface area contributed by atoms with Crippen molar-refractivity contribution in [1.29, 1.82) is 0 Å². The van der Waals surface area contributed by atoms with Crippen molar-refractivity contribution in [3.05, 3.63) is 42.0 Å². The molecule has 1 amide bonds. The van der Waals surface area contributed by atoms with Gasteiger partial charge in [-0.25, -0.2) is 9.67 Å². The molecule has 1 atom stereocenters. The minimum absolute atomic E-state index is 0. The largest absolute Gasteiger partial charge is 0.348 e. The van der Waals surface area contributed by atoms with Gasteiger partial charge in [0.1, 0.15) is 12.7 Å². The van der Waals surface area contributed by atoms with Crippen molar-refractivity contribution in [1.82, 2.24) is 20.1 Å². The molecule has 2 aromatic rings. The summed E-state index contributed by atoms with van der Waals surface area (Å²) in [7, 11) is 0. The molecule has 1 aliphatic carbocycles. The number of aromatic nitrogens is 3. The number of amides is 1. The Kier molecular flexibility index (Phi) is 6.96. The van der Waals surface area contributed by atoms with Gasteiger partial charge in [0.05, 0.1) is 5.69 Å². The molecule has 0 saturated heterocycles. The average Bonchev–Trinajstić information content (AvgIpc) is 3.14. The summed E-state index contributed by atoms with van der Waals surface area (Å²) in [6.07, 6.45) is 9.22. The Morgan fingerprint density at radius 2 is 2.12 bits per heavy atom. The third-order valence-corrected chi connectivity index (χ3v) is 4.93. The molecule has 3 rings (SSSR count). The van der Waals surface area contributed by atoms with E-state index in [0.29, 0.717) is 18.0 Å². The molecule has 1 aromatic carbocycles. The molecule has 136 valence electrons. The van der Waals surface area contributed by atoms with Crippen LogP contribution in [-0.4, -0.2) is 33.3 Å². The van der Waals surface area contributed by atoms with Gasteiger partial charge in [0.15, 0.2) is 0 Å². The molecule has 1 aromatic heterocycles. The van der Waals surface area contributed by atoms with Crippen molar-refractivity contribution in [2.45, 2.75) is 45.1 Å². The number of carbonyl (C=O) groups is 1. The number of aryl methyl sites for hydroxylation is 1. The number of benzene rings is 1. The zero-order chi connectivity index (χ0) is 16.9. The van der Waals surface area contributed by atoms with Crippen LogP contribution < -0.4 is 11.1 Å². The summed E-state index contributed by atoms with van der Waals surface area (Å²) < 4.78 is 1.68. The lowest BCUT2D eigenvalue weighted by atomic mass is 9.83. The highest BCUT2D eigenvalue weighted by Gasteiger charge is 2.24. The van der Waals surface area contributed by atoms with Gasteiger partial charge in [0.25, 0.3) is 5.91 Å². The molecule has 6 nitrogen and oxygen atoms in total. The fourth-order valence-electron chi connectivity index (χ4n) is 3.54. The summed E-state index contributed by atoms with van der Waals surface area (Å²) in [6.45, 7) is 2.43. The van der Waals surface area contributed by atoms with E-state index in [9.17, 15) is 4.79 Å². The van der Waals surface area contributed by atoms with E-state index in [4.69, 9.17) is 5.73 Å². The molecule has 25 heavy (non-hydrogen) atoms. The highest BCUT2D eigenvalue weighted by Crippen LogP contribution is 2.26. The Morgan fingerprint density at radius 1 is 1.36 bits per heavy atom. The van der Waals surface area contributed by atoms with Crippen LogP contribution in [0.2, 0.25) is 0 Å². The monoisotopic (exact) mass is 363 g/mol. The van der Waals surface area contributed by atoms with Crippen LogP contribution in [0.1, 0.15) is 48.0 Å². The number of nitrogens with two attached hydrogens (primary N) is 1. The van der Waals surface area contributed by atoms with E-state index in [2.05, 4.69) is 15.4 Å². The second-order valence-electron chi connectivity index (χ2n) is 6.55. The summed E-state index contributed by atoms with van der Waals surface area (Å²) in [4.78, 5) is 16.6. The van der Waals surface area contributed by atoms with Gasteiger partial charge in [0, 0.05) is 18.2 Å². The van der Waals surface area contributed by atoms with Gasteiger partial charge < -0.3 is 11.1 Å². The van der Waals surface area contributed by atoms with Crippen LogP contribution in [0.15, 0.2) is 30.9 Å². The van der Waals surface area contributed by atoms with E-state index in [1.165, 1.54) is 25.6 Å². The zero-order valence-electron chi connectivity index (χ0n) is 14.5. The van der Waals surface area contributed by atoms with Crippen molar-refractivity contribution in [3.63, 3.8) is 0 Å². The Hall–Kier alpha value is -1.92. The number of nitrogens with zero attached hydrogens (tertiary/aromatic N) is 3. The van der Waals surface area contributed by atoms with Gasteiger partial charge >= 0.3 is 0 Å². The maximum Gasteiger partial charge on any atom is 0.251 e. The molecule has 1 fully saturated rings. The first kappa shape index (κ1) is 19.4. The number of hydrogen-bond donors (Lipinski definition) is 2. The minimum Gasteiger partial charge on any atom is -0.348 e. The van der Waals surface area contributed by atoms with E-state index in [0.717, 1.165) is 24.1 Å². The molecule has 0 spiro atoms. The van der Waals surface area contributed by atoms with Gasteiger partial charge in [-0.2, -0.15) is 5.10 Å². The molecular formula is C18H26ClN5O. The maximum atomic E-state index is 12.7. The van der Waals surface area contributed by atoms with Gasteiger partial charge in [0.2, 0.25) is 0 Å². The van der Waals surface area contributed by atoms with Gasteiger partial charge in [-0.15, -0.1) is 12.4 Å². The fraction of sp³-hybridized carbons (Fsp3) is 0.500. The summed E-state index contributed by atoms with van der Waals surface area (Å²) in [5, 5.41) is 7.26. The Bertz CT molecular complexity index is 683. The maximum absolute atomic E-state index is 12.7. The summed E-state index contributed by atoms with van der Waals surface area (Å²) in [6, 6.07) is 5.74. The molecule has 0 bridgehead atoms. The highest BCUT2D eigenvalue weighted by atomic mass is 35.5. The smallest absolute Gasteiger partial charge is 0.251 e.